The fourth-order valence-electron chi connectivity index (χ4n) is 3.91. The molecule has 1 fully saturated rings. The van der Waals surface area contributed by atoms with Gasteiger partial charge in [-0.3, -0.25) is 9.59 Å². The summed E-state index contributed by atoms with van der Waals surface area (Å²) in [4.78, 5) is 25.4. The topological polar surface area (TPSA) is 58.2 Å². The molecule has 1 aromatic carbocycles. The van der Waals surface area contributed by atoms with E-state index in [2.05, 4.69) is 41.8 Å². The van der Waals surface area contributed by atoms with E-state index in [1.165, 1.54) is 48.6 Å². The minimum absolute atomic E-state index is 0.0216. The molecule has 1 saturated carbocycles. The average molecular weight is 385 g/mol. The van der Waals surface area contributed by atoms with E-state index < -0.39 is 0 Å². The van der Waals surface area contributed by atoms with Gasteiger partial charge in [0.15, 0.2) is 0 Å². The smallest absolute Gasteiger partial charge is 0.261 e. The first-order valence-corrected chi connectivity index (χ1v) is 10.5. The maximum atomic E-state index is 12.7. The third-order valence-electron chi connectivity index (χ3n) is 5.43. The molecule has 1 aromatic heterocycles. The van der Waals surface area contributed by atoms with Gasteiger partial charge in [0.25, 0.3) is 5.91 Å². The van der Waals surface area contributed by atoms with Gasteiger partial charge in [-0.05, 0) is 37.5 Å². The normalized spacial score (nSPS) is 15.9. The van der Waals surface area contributed by atoms with Gasteiger partial charge >= 0.3 is 0 Å². The van der Waals surface area contributed by atoms with Gasteiger partial charge in [-0.15, -0.1) is 11.3 Å². The lowest BCUT2D eigenvalue weighted by Crippen LogP contribution is -2.42. The SMILES string of the molecule is CC(=O)NCc1ccc(C(=O)NCC2(c3cccc(C)c3)CCCCC2)s1. The Morgan fingerprint density at radius 3 is 2.56 bits per heavy atom. The Labute approximate surface area is 165 Å². The van der Waals surface area contributed by atoms with E-state index in [-0.39, 0.29) is 17.2 Å². The second kappa shape index (κ2) is 8.70. The van der Waals surface area contributed by atoms with Crippen LogP contribution in [0.2, 0.25) is 0 Å². The van der Waals surface area contributed by atoms with Gasteiger partial charge in [-0.1, -0.05) is 49.1 Å². The number of hydrogen-bond acceptors (Lipinski definition) is 3. The Bertz CT molecular complexity index is 806. The molecule has 2 N–H and O–H groups in total. The third kappa shape index (κ3) is 4.98. The summed E-state index contributed by atoms with van der Waals surface area (Å²) in [6.07, 6.45) is 5.94. The van der Waals surface area contributed by atoms with E-state index in [9.17, 15) is 9.59 Å². The van der Waals surface area contributed by atoms with Gasteiger partial charge in [0.1, 0.15) is 0 Å². The monoisotopic (exact) mass is 384 g/mol. The molecule has 1 aliphatic carbocycles. The van der Waals surface area contributed by atoms with Crippen LogP contribution in [0.4, 0.5) is 0 Å². The van der Waals surface area contributed by atoms with Crippen LogP contribution in [0.1, 0.15) is 64.7 Å². The van der Waals surface area contributed by atoms with E-state index in [1.54, 1.807) is 0 Å². The highest BCUT2D eigenvalue weighted by atomic mass is 32.1. The van der Waals surface area contributed by atoms with Gasteiger partial charge in [0, 0.05) is 23.8 Å². The fraction of sp³-hybridized carbons (Fsp3) is 0.455. The number of benzene rings is 1. The highest BCUT2D eigenvalue weighted by Gasteiger charge is 2.34. The van der Waals surface area contributed by atoms with Crippen molar-refractivity contribution >= 4 is 23.2 Å². The first-order valence-electron chi connectivity index (χ1n) is 9.67. The summed E-state index contributed by atoms with van der Waals surface area (Å²) < 4.78 is 0. The number of amides is 2. The van der Waals surface area contributed by atoms with Crippen molar-refractivity contribution in [1.29, 1.82) is 0 Å². The lowest BCUT2D eigenvalue weighted by atomic mass is 9.69. The summed E-state index contributed by atoms with van der Waals surface area (Å²) in [6, 6.07) is 12.5. The molecule has 4 nitrogen and oxygen atoms in total. The molecule has 0 aliphatic heterocycles. The lowest BCUT2D eigenvalue weighted by Gasteiger charge is -2.38. The van der Waals surface area contributed by atoms with Crippen LogP contribution < -0.4 is 10.6 Å². The number of aryl methyl sites for hydroxylation is 1. The maximum absolute atomic E-state index is 12.7. The Morgan fingerprint density at radius 2 is 1.85 bits per heavy atom. The van der Waals surface area contributed by atoms with Crippen molar-refractivity contribution in [2.75, 3.05) is 6.54 Å². The van der Waals surface area contributed by atoms with E-state index in [0.717, 1.165) is 17.7 Å². The summed E-state index contributed by atoms with van der Waals surface area (Å²) in [6.45, 7) is 4.77. The van der Waals surface area contributed by atoms with Crippen LogP contribution in [-0.2, 0) is 16.8 Å². The van der Waals surface area contributed by atoms with Crippen LogP contribution in [0, 0.1) is 6.92 Å². The van der Waals surface area contributed by atoms with Crippen LogP contribution in [0.25, 0.3) is 0 Å². The molecule has 2 aromatic rings. The lowest BCUT2D eigenvalue weighted by molar-refractivity contribution is -0.119. The average Bonchev–Trinajstić information content (AvgIpc) is 3.14. The maximum Gasteiger partial charge on any atom is 0.261 e. The summed E-state index contributed by atoms with van der Waals surface area (Å²) >= 11 is 1.44. The van der Waals surface area contributed by atoms with Crippen molar-refractivity contribution < 1.29 is 9.59 Å². The highest BCUT2D eigenvalue weighted by molar-refractivity contribution is 7.14. The van der Waals surface area contributed by atoms with E-state index in [1.807, 2.05) is 12.1 Å². The largest absolute Gasteiger partial charge is 0.351 e. The molecule has 5 heteroatoms. The van der Waals surface area contributed by atoms with Gasteiger partial charge < -0.3 is 10.6 Å². The van der Waals surface area contributed by atoms with Crippen molar-refractivity contribution in [2.45, 2.75) is 57.9 Å². The highest BCUT2D eigenvalue weighted by Crippen LogP contribution is 2.39. The standard InChI is InChI=1S/C22H28N2O2S/c1-16-7-6-8-18(13-16)22(11-4-3-5-12-22)15-24-21(26)20-10-9-19(27-20)14-23-17(2)25/h6-10,13H,3-5,11-12,14-15H2,1-2H3,(H,23,25)(H,24,26). The predicted octanol–water partition coefficient (Wildman–Crippen LogP) is 4.32. The molecular weight excluding hydrogens is 356 g/mol. The van der Waals surface area contributed by atoms with Crippen LogP contribution >= 0.6 is 11.3 Å². The fourth-order valence-corrected chi connectivity index (χ4v) is 4.78. The zero-order valence-electron chi connectivity index (χ0n) is 16.1. The van der Waals surface area contributed by atoms with E-state index >= 15 is 0 Å². The Morgan fingerprint density at radius 1 is 1.07 bits per heavy atom. The molecule has 0 bridgehead atoms. The van der Waals surface area contributed by atoms with Crippen molar-refractivity contribution in [2.24, 2.45) is 0 Å². The molecule has 2 amide bonds. The van der Waals surface area contributed by atoms with E-state index in [0.29, 0.717) is 18.0 Å². The molecule has 0 saturated heterocycles. The second-order valence-corrected chi connectivity index (χ2v) is 8.74. The molecule has 3 rings (SSSR count). The van der Waals surface area contributed by atoms with Gasteiger partial charge in [-0.2, -0.15) is 0 Å². The summed E-state index contributed by atoms with van der Waals surface area (Å²) in [5.74, 6) is -0.0847. The number of rotatable bonds is 6. The zero-order chi connectivity index (χ0) is 19.3. The molecule has 144 valence electrons. The molecular formula is C22H28N2O2S. The molecule has 1 aliphatic rings. The number of hydrogen-bond donors (Lipinski definition) is 2. The number of carbonyl (C=O) groups excluding carboxylic acids is 2. The Balaban J connectivity index is 1.68. The van der Waals surface area contributed by atoms with Gasteiger partial charge in [0.05, 0.1) is 11.4 Å². The molecule has 0 radical (unpaired) electrons. The molecule has 0 atom stereocenters. The third-order valence-corrected chi connectivity index (χ3v) is 6.51. The summed E-state index contributed by atoms with van der Waals surface area (Å²) in [5.41, 5.74) is 2.65. The molecule has 0 spiro atoms. The van der Waals surface area contributed by atoms with E-state index in [4.69, 9.17) is 0 Å². The Kier molecular flexibility index (Phi) is 6.32. The minimum Gasteiger partial charge on any atom is -0.351 e. The summed E-state index contributed by atoms with van der Waals surface area (Å²) in [5, 5.41) is 5.96. The molecule has 1 heterocycles. The van der Waals surface area contributed by atoms with Crippen LogP contribution in [0.3, 0.4) is 0 Å². The van der Waals surface area contributed by atoms with Crippen molar-refractivity contribution in [3.05, 3.63) is 57.3 Å². The van der Waals surface area contributed by atoms with Crippen LogP contribution in [0.15, 0.2) is 36.4 Å². The predicted molar refractivity (Wildman–Crippen MR) is 110 cm³/mol. The van der Waals surface area contributed by atoms with Crippen molar-refractivity contribution in [3.63, 3.8) is 0 Å². The van der Waals surface area contributed by atoms with Gasteiger partial charge in [0.2, 0.25) is 5.91 Å². The zero-order valence-corrected chi connectivity index (χ0v) is 17.0. The number of nitrogens with one attached hydrogen (secondary N) is 2. The second-order valence-electron chi connectivity index (χ2n) is 7.57. The quantitative estimate of drug-likeness (QED) is 0.779. The van der Waals surface area contributed by atoms with Crippen molar-refractivity contribution in [1.82, 2.24) is 10.6 Å². The van der Waals surface area contributed by atoms with Crippen LogP contribution in [-0.4, -0.2) is 18.4 Å². The number of thiophene rings is 1. The van der Waals surface area contributed by atoms with Crippen molar-refractivity contribution in [3.8, 4) is 0 Å². The Hall–Kier alpha value is -2.14. The first-order chi connectivity index (χ1) is 13.0. The van der Waals surface area contributed by atoms with Gasteiger partial charge in [-0.25, -0.2) is 0 Å². The van der Waals surface area contributed by atoms with Crippen LogP contribution in [0.5, 0.6) is 0 Å². The summed E-state index contributed by atoms with van der Waals surface area (Å²) in [7, 11) is 0. The molecule has 27 heavy (non-hydrogen) atoms. The number of carbonyl (C=O) groups is 2. The minimum atomic E-state index is -0.0632. The molecule has 0 unspecified atom stereocenters. The first kappa shape index (κ1) is 19.6.